The number of anilines is 1. The highest BCUT2D eigenvalue weighted by molar-refractivity contribution is 7.80. The lowest BCUT2D eigenvalue weighted by Crippen LogP contribution is -2.34. The molecule has 0 bridgehead atoms. The molecule has 132 valence electrons. The van der Waals surface area contributed by atoms with Crippen LogP contribution < -0.4 is 22.3 Å². The van der Waals surface area contributed by atoms with Crippen molar-refractivity contribution in [2.75, 3.05) is 5.43 Å². The number of hydrogen-bond acceptors (Lipinski definition) is 6. The Labute approximate surface area is 158 Å². The number of hydrogen-bond donors (Lipinski definition) is 6. The largest absolute Gasteiger partial charge is 0.507 e. The summed E-state index contributed by atoms with van der Waals surface area (Å²) in [5, 5.41) is 30.5. The lowest BCUT2D eigenvalue weighted by Gasteiger charge is -2.17. The van der Waals surface area contributed by atoms with E-state index in [9.17, 15) is 10.2 Å². The van der Waals surface area contributed by atoms with Gasteiger partial charge in [0.25, 0.3) is 0 Å². The zero-order valence-corrected chi connectivity index (χ0v) is 14.9. The number of hydrazine groups is 1. The van der Waals surface area contributed by atoms with Gasteiger partial charge in [0.1, 0.15) is 17.2 Å². The van der Waals surface area contributed by atoms with E-state index in [-0.39, 0.29) is 27.1 Å². The second kappa shape index (κ2) is 6.94. The molecular formula is C16H14N6O2S2. The van der Waals surface area contributed by atoms with Crippen molar-refractivity contribution < 1.29 is 10.2 Å². The molecule has 10 heteroatoms. The zero-order valence-electron chi connectivity index (χ0n) is 13.2. The second-order valence-corrected chi connectivity index (χ2v) is 6.13. The Balaban J connectivity index is 2.49. The van der Waals surface area contributed by atoms with Gasteiger partial charge in [0.2, 0.25) is 5.11 Å². The highest BCUT2D eigenvalue weighted by atomic mass is 32.1. The van der Waals surface area contributed by atoms with E-state index in [0.717, 1.165) is 0 Å². The molecule has 0 unspecified atom stereocenters. The van der Waals surface area contributed by atoms with Crippen molar-refractivity contribution in [2.24, 2.45) is 21.7 Å². The van der Waals surface area contributed by atoms with Crippen molar-refractivity contribution in [1.82, 2.24) is 5.43 Å². The van der Waals surface area contributed by atoms with Crippen LogP contribution in [0.4, 0.5) is 11.4 Å². The molecular weight excluding hydrogens is 372 g/mol. The van der Waals surface area contributed by atoms with E-state index in [2.05, 4.69) is 21.1 Å². The molecule has 0 aromatic heterocycles. The van der Waals surface area contributed by atoms with Crippen LogP contribution in [0.15, 0.2) is 46.6 Å². The smallest absolute Gasteiger partial charge is 0.211 e. The van der Waals surface area contributed by atoms with E-state index in [1.165, 1.54) is 12.1 Å². The molecule has 3 aromatic rings. The summed E-state index contributed by atoms with van der Waals surface area (Å²) in [5.41, 5.74) is 17.2. The quantitative estimate of drug-likeness (QED) is 0.133. The minimum Gasteiger partial charge on any atom is -0.507 e. The van der Waals surface area contributed by atoms with Gasteiger partial charge in [-0.25, -0.2) is 0 Å². The first kappa shape index (κ1) is 17.6. The summed E-state index contributed by atoms with van der Waals surface area (Å²) in [5.74, 6) is -0.179. The summed E-state index contributed by atoms with van der Waals surface area (Å²) < 4.78 is 0. The SMILES string of the molecule is NC(=S)N=Nc1c2ccccc2c(NNC(N)=S)c2c(O)ccc(O)c12. The minimum atomic E-state index is -0.153. The molecule has 0 atom stereocenters. The average Bonchev–Trinajstić information content (AvgIpc) is 2.60. The van der Waals surface area contributed by atoms with Gasteiger partial charge >= 0.3 is 0 Å². The number of rotatable bonds is 3. The highest BCUT2D eigenvalue weighted by Gasteiger charge is 2.19. The first-order chi connectivity index (χ1) is 12.4. The predicted molar refractivity (Wildman–Crippen MR) is 110 cm³/mol. The third-order valence-electron chi connectivity index (χ3n) is 3.66. The van der Waals surface area contributed by atoms with Crippen LogP contribution in [0.1, 0.15) is 0 Å². The molecule has 3 aromatic carbocycles. The number of fused-ring (bicyclic) bond motifs is 2. The maximum Gasteiger partial charge on any atom is 0.211 e. The van der Waals surface area contributed by atoms with Gasteiger partial charge in [-0.1, -0.05) is 24.3 Å². The van der Waals surface area contributed by atoms with Crippen molar-refractivity contribution in [2.45, 2.75) is 0 Å². The second-order valence-electron chi connectivity index (χ2n) is 5.28. The first-order valence-electron chi connectivity index (χ1n) is 7.32. The molecule has 0 aliphatic rings. The number of nitrogens with one attached hydrogen (secondary N) is 2. The third-order valence-corrected chi connectivity index (χ3v) is 3.84. The van der Waals surface area contributed by atoms with E-state index in [1.54, 1.807) is 12.1 Å². The molecule has 8 nitrogen and oxygen atoms in total. The van der Waals surface area contributed by atoms with E-state index in [4.69, 9.17) is 35.9 Å². The summed E-state index contributed by atoms with van der Waals surface area (Å²) in [7, 11) is 0. The Morgan fingerprint density at radius 1 is 0.923 bits per heavy atom. The van der Waals surface area contributed by atoms with Gasteiger partial charge < -0.3 is 21.7 Å². The fourth-order valence-corrected chi connectivity index (χ4v) is 2.80. The molecule has 0 fully saturated rings. The van der Waals surface area contributed by atoms with Gasteiger partial charge in [0.15, 0.2) is 5.11 Å². The average molecular weight is 386 g/mol. The lowest BCUT2D eigenvalue weighted by molar-refractivity contribution is 0.469. The van der Waals surface area contributed by atoms with Crippen molar-refractivity contribution in [3.8, 4) is 11.5 Å². The summed E-state index contributed by atoms with van der Waals surface area (Å²) >= 11 is 9.58. The van der Waals surface area contributed by atoms with Crippen LogP contribution in [0.25, 0.3) is 21.5 Å². The molecule has 0 spiro atoms. The Hall–Kier alpha value is -3.24. The standard InChI is InChI=1S/C16H14N6O2S2/c17-15(25)21-19-13-7-3-1-2-4-8(7)14(20-22-16(18)26)12-10(24)6-5-9(23)11(12)13/h1-6,19,23-24H,(H2,18,26)(H3,17,21,25). The number of phenolic OH excluding ortho intramolecular Hbond substituents is 2. The Morgan fingerprint density at radius 2 is 1.54 bits per heavy atom. The fraction of sp³-hybridized carbons (Fsp3) is 0. The normalized spacial score (nSPS) is 11.1. The molecule has 0 aliphatic carbocycles. The van der Waals surface area contributed by atoms with Crippen LogP contribution in [0.3, 0.4) is 0 Å². The summed E-state index contributed by atoms with van der Waals surface area (Å²) in [6.07, 6.45) is 0. The number of nitrogens with zero attached hydrogens (tertiary/aromatic N) is 2. The van der Waals surface area contributed by atoms with Crippen LogP contribution in [0.2, 0.25) is 0 Å². The van der Waals surface area contributed by atoms with Crippen LogP contribution in [0, 0.1) is 0 Å². The topological polar surface area (TPSA) is 141 Å². The maximum atomic E-state index is 10.4. The van der Waals surface area contributed by atoms with Crippen molar-refractivity contribution >= 4 is 67.6 Å². The number of benzene rings is 3. The molecule has 0 saturated heterocycles. The van der Waals surface area contributed by atoms with Gasteiger partial charge in [-0.3, -0.25) is 10.9 Å². The van der Waals surface area contributed by atoms with E-state index < -0.39 is 0 Å². The van der Waals surface area contributed by atoms with Gasteiger partial charge in [-0.05, 0) is 36.6 Å². The lowest BCUT2D eigenvalue weighted by atomic mass is 9.97. The monoisotopic (exact) mass is 386 g/mol. The van der Waals surface area contributed by atoms with Gasteiger partial charge in [0.05, 0.1) is 16.5 Å². The molecule has 26 heavy (non-hydrogen) atoms. The van der Waals surface area contributed by atoms with Gasteiger partial charge in [-0.2, -0.15) is 0 Å². The van der Waals surface area contributed by atoms with Crippen molar-refractivity contribution in [3.05, 3.63) is 36.4 Å². The molecule has 0 heterocycles. The first-order valence-corrected chi connectivity index (χ1v) is 8.13. The summed E-state index contributed by atoms with van der Waals surface area (Å²) in [6, 6.07) is 9.94. The molecule has 0 aliphatic heterocycles. The predicted octanol–water partition coefficient (Wildman–Crippen LogP) is 2.89. The van der Waals surface area contributed by atoms with Crippen LogP contribution in [0.5, 0.6) is 11.5 Å². The number of phenols is 2. The van der Waals surface area contributed by atoms with Crippen LogP contribution in [-0.2, 0) is 0 Å². The minimum absolute atomic E-state index is 0.0131. The Bertz CT molecular complexity index is 1080. The summed E-state index contributed by atoms with van der Waals surface area (Å²) in [4.78, 5) is 0. The third kappa shape index (κ3) is 3.15. The van der Waals surface area contributed by atoms with Crippen LogP contribution in [-0.4, -0.2) is 20.4 Å². The highest BCUT2D eigenvalue weighted by Crippen LogP contribution is 2.48. The zero-order chi connectivity index (χ0) is 18.8. The Morgan fingerprint density at radius 3 is 2.15 bits per heavy atom. The van der Waals surface area contributed by atoms with Gasteiger partial charge in [0, 0.05) is 10.8 Å². The number of thiocarbonyl (C=S) groups is 2. The Kier molecular flexibility index (Phi) is 4.69. The number of nitrogens with two attached hydrogens (primary N) is 2. The molecule has 0 radical (unpaired) electrons. The molecule has 0 saturated carbocycles. The van der Waals surface area contributed by atoms with E-state index in [0.29, 0.717) is 27.5 Å². The van der Waals surface area contributed by atoms with E-state index in [1.807, 2.05) is 12.1 Å². The van der Waals surface area contributed by atoms with Crippen molar-refractivity contribution in [1.29, 1.82) is 0 Å². The van der Waals surface area contributed by atoms with Crippen molar-refractivity contribution in [3.63, 3.8) is 0 Å². The molecule has 8 N–H and O–H groups in total. The van der Waals surface area contributed by atoms with Gasteiger partial charge in [-0.15, -0.1) is 10.2 Å². The molecule has 3 rings (SSSR count). The number of azo groups is 1. The van der Waals surface area contributed by atoms with E-state index >= 15 is 0 Å². The fourth-order valence-electron chi connectivity index (χ4n) is 2.71. The summed E-state index contributed by atoms with van der Waals surface area (Å²) in [6.45, 7) is 0. The molecule has 0 amide bonds. The maximum absolute atomic E-state index is 10.4. The van der Waals surface area contributed by atoms with Crippen LogP contribution >= 0.6 is 24.4 Å². The number of aromatic hydroxyl groups is 2.